The molecule has 1 heterocycles. The fourth-order valence-corrected chi connectivity index (χ4v) is 2.97. The van der Waals surface area contributed by atoms with Crippen LogP contribution in [0.3, 0.4) is 0 Å². The molecule has 1 saturated heterocycles. The summed E-state index contributed by atoms with van der Waals surface area (Å²) in [6, 6.07) is 5.63. The predicted molar refractivity (Wildman–Crippen MR) is 96.1 cm³/mol. The summed E-state index contributed by atoms with van der Waals surface area (Å²) < 4.78 is 0. The fraction of sp³-hybridized carbons (Fsp3) is 0.412. The minimum Gasteiger partial charge on any atom is -0.352 e. The van der Waals surface area contributed by atoms with Crippen molar-refractivity contribution in [2.45, 2.75) is 13.0 Å². The number of nitrogens with one attached hydrogen (secondary N) is 1. The molecule has 0 saturated carbocycles. The maximum absolute atomic E-state index is 12.1. The van der Waals surface area contributed by atoms with Gasteiger partial charge in [-0.25, -0.2) is 0 Å². The Hall–Kier alpha value is -1.56. The first-order valence-corrected chi connectivity index (χ1v) is 8.60. The second kappa shape index (κ2) is 9.06. The minimum atomic E-state index is -0.258. The average molecular weight is 370 g/mol. The number of halogens is 2. The molecular formula is C17H21Cl2N3O2. The van der Waals surface area contributed by atoms with E-state index in [4.69, 9.17) is 23.2 Å². The van der Waals surface area contributed by atoms with Crippen LogP contribution < -0.4 is 5.32 Å². The maximum atomic E-state index is 12.1. The van der Waals surface area contributed by atoms with Crippen LogP contribution in [0, 0.1) is 0 Å². The van der Waals surface area contributed by atoms with E-state index in [9.17, 15) is 9.59 Å². The molecule has 0 radical (unpaired) electrons. The molecule has 7 heteroatoms. The highest BCUT2D eigenvalue weighted by Crippen LogP contribution is 2.26. The van der Waals surface area contributed by atoms with Gasteiger partial charge in [0.05, 0.1) is 10.0 Å². The molecule has 0 unspecified atom stereocenters. The standard InChI is InChI=1S/C17H21Cl2N3O2/c1-2-15(23)20-7-6-16(24)22-10-8-21(9-11-22)12-13-4-3-5-14(18)17(13)19/h2-5H,1,6-12H2,(H,20,23). The van der Waals surface area contributed by atoms with E-state index in [1.54, 1.807) is 6.07 Å². The summed E-state index contributed by atoms with van der Waals surface area (Å²) in [7, 11) is 0. The van der Waals surface area contributed by atoms with Crippen molar-refractivity contribution in [3.63, 3.8) is 0 Å². The van der Waals surface area contributed by atoms with Crippen LogP contribution in [0.4, 0.5) is 0 Å². The lowest BCUT2D eigenvalue weighted by Gasteiger charge is -2.35. The average Bonchev–Trinajstić information content (AvgIpc) is 2.59. The number of carbonyl (C=O) groups excluding carboxylic acids is 2. The molecule has 0 atom stereocenters. The Bertz CT molecular complexity index is 614. The van der Waals surface area contributed by atoms with Crippen molar-refractivity contribution in [2.24, 2.45) is 0 Å². The maximum Gasteiger partial charge on any atom is 0.243 e. The zero-order chi connectivity index (χ0) is 17.5. The zero-order valence-corrected chi connectivity index (χ0v) is 14.9. The van der Waals surface area contributed by atoms with Crippen LogP contribution in [0.15, 0.2) is 30.9 Å². The van der Waals surface area contributed by atoms with Gasteiger partial charge in [0.15, 0.2) is 0 Å². The van der Waals surface area contributed by atoms with E-state index >= 15 is 0 Å². The van der Waals surface area contributed by atoms with Crippen molar-refractivity contribution in [2.75, 3.05) is 32.7 Å². The summed E-state index contributed by atoms with van der Waals surface area (Å²) in [4.78, 5) is 27.3. The van der Waals surface area contributed by atoms with Crippen molar-refractivity contribution in [1.82, 2.24) is 15.1 Å². The van der Waals surface area contributed by atoms with Gasteiger partial charge in [0, 0.05) is 45.7 Å². The number of carbonyl (C=O) groups is 2. The lowest BCUT2D eigenvalue weighted by atomic mass is 10.2. The molecule has 1 aliphatic rings. The summed E-state index contributed by atoms with van der Waals surface area (Å²) in [5, 5.41) is 3.77. The number of hydrogen-bond donors (Lipinski definition) is 1. The molecule has 0 aromatic heterocycles. The number of rotatable bonds is 6. The van der Waals surface area contributed by atoms with Crippen molar-refractivity contribution in [3.8, 4) is 0 Å². The number of amides is 2. The molecule has 1 N–H and O–H groups in total. The van der Waals surface area contributed by atoms with Crippen LogP contribution >= 0.6 is 23.2 Å². The summed E-state index contributed by atoms with van der Waals surface area (Å²) >= 11 is 12.3. The quantitative estimate of drug-likeness (QED) is 0.782. The first-order chi connectivity index (χ1) is 11.5. The Balaban J connectivity index is 1.76. The summed E-state index contributed by atoms with van der Waals surface area (Å²) in [6.45, 7) is 7.34. The van der Waals surface area contributed by atoms with Crippen LogP contribution in [0.1, 0.15) is 12.0 Å². The molecule has 0 bridgehead atoms. The zero-order valence-electron chi connectivity index (χ0n) is 13.4. The molecule has 0 spiro atoms. The van der Waals surface area contributed by atoms with Gasteiger partial charge >= 0.3 is 0 Å². The Morgan fingerprint density at radius 3 is 2.58 bits per heavy atom. The van der Waals surface area contributed by atoms with Gasteiger partial charge in [-0.3, -0.25) is 14.5 Å². The SMILES string of the molecule is C=CC(=O)NCCC(=O)N1CCN(Cc2cccc(Cl)c2Cl)CC1. The van der Waals surface area contributed by atoms with Crippen LogP contribution in [0.2, 0.25) is 10.0 Å². The third kappa shape index (κ3) is 5.23. The van der Waals surface area contributed by atoms with Crippen LogP contribution in [0.25, 0.3) is 0 Å². The van der Waals surface area contributed by atoms with Gasteiger partial charge in [0.25, 0.3) is 0 Å². The first kappa shape index (κ1) is 18.8. The molecule has 1 aromatic rings. The van der Waals surface area contributed by atoms with Crippen molar-refractivity contribution in [3.05, 3.63) is 46.5 Å². The molecule has 1 fully saturated rings. The van der Waals surface area contributed by atoms with E-state index in [2.05, 4.69) is 16.8 Å². The van der Waals surface area contributed by atoms with E-state index < -0.39 is 0 Å². The van der Waals surface area contributed by atoms with Gasteiger partial charge < -0.3 is 10.2 Å². The van der Waals surface area contributed by atoms with Gasteiger partial charge in [-0.1, -0.05) is 41.9 Å². The molecule has 2 rings (SSSR count). The summed E-state index contributed by atoms with van der Waals surface area (Å²) in [6.07, 6.45) is 1.50. The summed E-state index contributed by atoms with van der Waals surface area (Å²) in [5.74, 6) is -0.203. The molecule has 2 amide bonds. The van der Waals surface area contributed by atoms with Crippen molar-refractivity contribution in [1.29, 1.82) is 0 Å². The van der Waals surface area contributed by atoms with E-state index in [-0.39, 0.29) is 11.8 Å². The van der Waals surface area contributed by atoms with E-state index in [0.717, 1.165) is 25.2 Å². The second-order valence-electron chi connectivity index (χ2n) is 5.62. The van der Waals surface area contributed by atoms with Crippen molar-refractivity contribution < 1.29 is 9.59 Å². The monoisotopic (exact) mass is 369 g/mol. The fourth-order valence-electron chi connectivity index (χ4n) is 2.59. The number of benzene rings is 1. The largest absolute Gasteiger partial charge is 0.352 e. The lowest BCUT2D eigenvalue weighted by molar-refractivity contribution is -0.132. The molecule has 0 aliphatic carbocycles. The normalized spacial score (nSPS) is 15.2. The van der Waals surface area contributed by atoms with Gasteiger partial charge in [-0.15, -0.1) is 0 Å². The molecule has 1 aliphatic heterocycles. The van der Waals surface area contributed by atoms with Crippen molar-refractivity contribution >= 4 is 35.0 Å². The van der Waals surface area contributed by atoms with E-state index in [1.165, 1.54) is 6.08 Å². The van der Waals surface area contributed by atoms with Gasteiger partial charge in [0.2, 0.25) is 11.8 Å². The molecule has 130 valence electrons. The molecule has 24 heavy (non-hydrogen) atoms. The van der Waals surface area contributed by atoms with E-state index in [0.29, 0.717) is 36.1 Å². The van der Waals surface area contributed by atoms with Gasteiger partial charge in [0.1, 0.15) is 0 Å². The molecular weight excluding hydrogens is 349 g/mol. The Morgan fingerprint density at radius 2 is 1.92 bits per heavy atom. The van der Waals surface area contributed by atoms with Crippen LogP contribution in [-0.2, 0) is 16.1 Å². The van der Waals surface area contributed by atoms with E-state index in [1.807, 2.05) is 17.0 Å². The highest BCUT2D eigenvalue weighted by Gasteiger charge is 2.21. The van der Waals surface area contributed by atoms with Gasteiger partial charge in [-0.2, -0.15) is 0 Å². The Kier molecular flexibility index (Phi) is 7.09. The van der Waals surface area contributed by atoms with Gasteiger partial charge in [-0.05, 0) is 17.7 Å². The number of hydrogen-bond acceptors (Lipinski definition) is 3. The molecule has 5 nitrogen and oxygen atoms in total. The number of piperazine rings is 1. The third-order valence-electron chi connectivity index (χ3n) is 3.97. The third-order valence-corrected chi connectivity index (χ3v) is 4.83. The van der Waals surface area contributed by atoms with Crippen LogP contribution in [-0.4, -0.2) is 54.3 Å². The Morgan fingerprint density at radius 1 is 1.21 bits per heavy atom. The smallest absolute Gasteiger partial charge is 0.243 e. The minimum absolute atomic E-state index is 0.0554. The second-order valence-corrected chi connectivity index (χ2v) is 6.40. The first-order valence-electron chi connectivity index (χ1n) is 7.84. The molecule has 1 aromatic carbocycles. The highest BCUT2D eigenvalue weighted by molar-refractivity contribution is 6.42. The Labute approximate surface area is 152 Å². The predicted octanol–water partition coefficient (Wildman–Crippen LogP) is 2.33. The number of nitrogens with zero attached hydrogens (tertiary/aromatic N) is 2. The van der Waals surface area contributed by atoms with Crippen LogP contribution in [0.5, 0.6) is 0 Å². The highest BCUT2D eigenvalue weighted by atomic mass is 35.5. The summed E-state index contributed by atoms with van der Waals surface area (Å²) in [5.41, 5.74) is 0.996. The lowest BCUT2D eigenvalue weighted by Crippen LogP contribution is -2.48. The topological polar surface area (TPSA) is 52.7 Å².